The van der Waals surface area contributed by atoms with Gasteiger partial charge in [0.15, 0.2) is 0 Å². The first-order valence-corrected chi connectivity index (χ1v) is 7.23. The fourth-order valence-electron chi connectivity index (χ4n) is 1.80. The Morgan fingerprint density at radius 1 is 1.05 bits per heavy atom. The maximum absolute atomic E-state index is 9.56. The molecule has 0 fully saturated rings. The fraction of sp³-hybridized carbons (Fsp3) is 0.143. The van der Waals surface area contributed by atoms with Gasteiger partial charge in [0.2, 0.25) is 0 Å². The van der Waals surface area contributed by atoms with Crippen LogP contribution >= 0.6 is 39.1 Å². The molecular weight excluding hydrogens is 349 g/mol. The molecule has 0 radical (unpaired) electrons. The summed E-state index contributed by atoms with van der Waals surface area (Å²) in [6.45, 7) is -0.0977. The Morgan fingerprint density at radius 3 is 2.16 bits per heavy atom. The lowest BCUT2D eigenvalue weighted by Gasteiger charge is -2.20. The SMILES string of the molecule is OCC(Nc1ccc(Br)cc1)c1c(Cl)cccc1Cl. The average Bonchev–Trinajstić information content (AvgIpc) is 2.39. The summed E-state index contributed by atoms with van der Waals surface area (Å²) in [6, 6.07) is 12.6. The second-order valence-electron chi connectivity index (χ2n) is 4.02. The number of anilines is 1. The third-order valence-corrected chi connectivity index (χ3v) is 3.90. The van der Waals surface area contributed by atoms with Crippen LogP contribution in [-0.4, -0.2) is 11.7 Å². The van der Waals surface area contributed by atoms with Gasteiger partial charge in [-0.05, 0) is 36.4 Å². The van der Waals surface area contributed by atoms with Gasteiger partial charge in [0.1, 0.15) is 0 Å². The smallest absolute Gasteiger partial charge is 0.0774 e. The summed E-state index contributed by atoms with van der Waals surface area (Å²) >= 11 is 15.7. The van der Waals surface area contributed by atoms with Crippen molar-refractivity contribution in [2.45, 2.75) is 6.04 Å². The van der Waals surface area contributed by atoms with Crippen molar-refractivity contribution in [1.29, 1.82) is 0 Å². The van der Waals surface area contributed by atoms with Crippen molar-refractivity contribution in [3.8, 4) is 0 Å². The van der Waals surface area contributed by atoms with Crippen molar-refractivity contribution in [3.05, 3.63) is 62.5 Å². The number of nitrogens with one attached hydrogen (secondary N) is 1. The van der Waals surface area contributed by atoms with Crippen LogP contribution in [0.4, 0.5) is 5.69 Å². The highest BCUT2D eigenvalue weighted by Crippen LogP contribution is 2.32. The van der Waals surface area contributed by atoms with Crippen molar-refractivity contribution >= 4 is 44.8 Å². The quantitative estimate of drug-likeness (QED) is 0.812. The highest BCUT2D eigenvalue weighted by molar-refractivity contribution is 9.10. The molecule has 5 heteroatoms. The highest BCUT2D eigenvalue weighted by atomic mass is 79.9. The molecule has 0 aliphatic carbocycles. The zero-order chi connectivity index (χ0) is 13.8. The Kier molecular flexibility index (Phi) is 5.11. The molecular formula is C14H12BrCl2NO. The number of hydrogen-bond donors (Lipinski definition) is 2. The second kappa shape index (κ2) is 6.62. The minimum atomic E-state index is -0.345. The number of rotatable bonds is 4. The first kappa shape index (κ1) is 14.7. The molecule has 2 aromatic rings. The largest absolute Gasteiger partial charge is 0.394 e. The minimum absolute atomic E-state index is 0.0977. The van der Waals surface area contributed by atoms with Gasteiger partial charge in [-0.3, -0.25) is 0 Å². The van der Waals surface area contributed by atoms with E-state index in [4.69, 9.17) is 23.2 Å². The Labute approximate surface area is 130 Å². The molecule has 0 aliphatic heterocycles. The van der Waals surface area contributed by atoms with Gasteiger partial charge in [-0.2, -0.15) is 0 Å². The van der Waals surface area contributed by atoms with Gasteiger partial charge in [0.05, 0.1) is 12.6 Å². The van der Waals surface area contributed by atoms with Crippen LogP contribution < -0.4 is 5.32 Å². The van der Waals surface area contributed by atoms with Gasteiger partial charge < -0.3 is 10.4 Å². The highest BCUT2D eigenvalue weighted by Gasteiger charge is 2.17. The third kappa shape index (κ3) is 3.63. The van der Waals surface area contributed by atoms with Gasteiger partial charge in [-0.15, -0.1) is 0 Å². The fourth-order valence-corrected chi connectivity index (χ4v) is 2.73. The molecule has 1 unspecified atom stereocenters. The molecule has 2 N–H and O–H groups in total. The van der Waals surface area contributed by atoms with Crippen LogP contribution in [0.3, 0.4) is 0 Å². The van der Waals surface area contributed by atoms with E-state index in [1.807, 2.05) is 24.3 Å². The second-order valence-corrected chi connectivity index (χ2v) is 5.75. The van der Waals surface area contributed by atoms with Crippen LogP contribution in [0, 0.1) is 0 Å². The van der Waals surface area contributed by atoms with Crippen molar-refractivity contribution < 1.29 is 5.11 Å². The van der Waals surface area contributed by atoms with E-state index in [1.54, 1.807) is 18.2 Å². The lowest BCUT2D eigenvalue weighted by Crippen LogP contribution is -2.15. The van der Waals surface area contributed by atoms with E-state index in [2.05, 4.69) is 21.2 Å². The van der Waals surface area contributed by atoms with E-state index in [1.165, 1.54) is 0 Å². The van der Waals surface area contributed by atoms with E-state index in [0.717, 1.165) is 10.2 Å². The van der Waals surface area contributed by atoms with Crippen molar-refractivity contribution in [2.24, 2.45) is 0 Å². The standard InChI is InChI=1S/C14H12BrCl2NO/c15-9-4-6-10(7-5-9)18-13(8-19)14-11(16)2-1-3-12(14)17/h1-7,13,18-19H,8H2. The summed E-state index contributed by atoms with van der Waals surface area (Å²) in [6.07, 6.45) is 0. The van der Waals surface area contributed by atoms with Crippen molar-refractivity contribution in [1.82, 2.24) is 0 Å². The predicted molar refractivity (Wildman–Crippen MR) is 84.1 cm³/mol. The molecule has 0 bridgehead atoms. The van der Waals surface area contributed by atoms with E-state index in [9.17, 15) is 5.11 Å². The molecule has 2 nitrogen and oxygen atoms in total. The van der Waals surface area contributed by atoms with Crippen molar-refractivity contribution in [3.63, 3.8) is 0 Å². The third-order valence-electron chi connectivity index (χ3n) is 2.72. The zero-order valence-electron chi connectivity index (χ0n) is 9.91. The molecule has 100 valence electrons. The minimum Gasteiger partial charge on any atom is -0.394 e. The van der Waals surface area contributed by atoms with E-state index < -0.39 is 0 Å². The first-order chi connectivity index (χ1) is 9.11. The summed E-state index contributed by atoms with van der Waals surface area (Å²) in [7, 11) is 0. The van der Waals surface area contributed by atoms with E-state index in [-0.39, 0.29) is 12.6 Å². The lowest BCUT2D eigenvalue weighted by molar-refractivity contribution is 0.276. The Balaban J connectivity index is 2.27. The molecule has 0 spiro atoms. The van der Waals surface area contributed by atoms with Crippen molar-refractivity contribution in [2.75, 3.05) is 11.9 Å². The van der Waals surface area contributed by atoms with E-state index >= 15 is 0 Å². The molecule has 0 amide bonds. The van der Waals surface area contributed by atoms with Gasteiger partial charge in [-0.1, -0.05) is 45.2 Å². The predicted octanol–water partition coefficient (Wildman–Crippen LogP) is 4.90. The Morgan fingerprint density at radius 2 is 1.63 bits per heavy atom. The van der Waals surface area contributed by atoms with Crippen LogP contribution in [0.25, 0.3) is 0 Å². The molecule has 2 rings (SSSR count). The lowest BCUT2D eigenvalue weighted by atomic mass is 10.1. The maximum atomic E-state index is 9.56. The Hall–Kier alpha value is -0.740. The summed E-state index contributed by atoms with van der Waals surface area (Å²) < 4.78 is 0.995. The number of hydrogen-bond acceptors (Lipinski definition) is 2. The molecule has 0 saturated heterocycles. The normalized spacial score (nSPS) is 12.2. The summed E-state index contributed by atoms with van der Waals surface area (Å²) in [5, 5.41) is 13.8. The Bertz CT molecular complexity index is 540. The van der Waals surface area contributed by atoms with Gasteiger partial charge >= 0.3 is 0 Å². The number of aliphatic hydroxyl groups excluding tert-OH is 1. The van der Waals surface area contributed by atoms with Gasteiger partial charge in [0, 0.05) is 25.8 Å². The molecule has 0 aromatic heterocycles. The molecule has 0 aliphatic rings. The summed E-state index contributed by atoms with van der Waals surface area (Å²) in [5.41, 5.74) is 1.59. The molecule has 0 heterocycles. The molecule has 0 saturated carbocycles. The van der Waals surface area contributed by atoms with E-state index in [0.29, 0.717) is 15.6 Å². The topological polar surface area (TPSA) is 32.3 Å². The molecule has 2 aromatic carbocycles. The molecule has 19 heavy (non-hydrogen) atoms. The first-order valence-electron chi connectivity index (χ1n) is 5.68. The van der Waals surface area contributed by atoms with Crippen LogP contribution in [0.2, 0.25) is 10.0 Å². The van der Waals surface area contributed by atoms with Gasteiger partial charge in [-0.25, -0.2) is 0 Å². The number of aliphatic hydroxyl groups is 1. The average molecular weight is 361 g/mol. The van der Waals surface area contributed by atoms with Crippen LogP contribution in [0.15, 0.2) is 46.9 Å². The number of benzene rings is 2. The molecule has 1 atom stereocenters. The summed E-state index contributed by atoms with van der Waals surface area (Å²) in [5.74, 6) is 0. The number of halogens is 3. The van der Waals surface area contributed by atoms with Crippen LogP contribution in [0.5, 0.6) is 0 Å². The van der Waals surface area contributed by atoms with Crippen LogP contribution in [0.1, 0.15) is 11.6 Å². The van der Waals surface area contributed by atoms with Gasteiger partial charge in [0.25, 0.3) is 0 Å². The monoisotopic (exact) mass is 359 g/mol. The summed E-state index contributed by atoms with van der Waals surface area (Å²) in [4.78, 5) is 0. The van der Waals surface area contributed by atoms with Crippen LogP contribution in [-0.2, 0) is 0 Å². The maximum Gasteiger partial charge on any atom is 0.0774 e. The zero-order valence-corrected chi connectivity index (χ0v) is 13.0.